The van der Waals surface area contributed by atoms with Gasteiger partial charge >= 0.3 is 6.18 Å². The van der Waals surface area contributed by atoms with Crippen LogP contribution in [-0.2, 0) is 37.1 Å². The van der Waals surface area contributed by atoms with Crippen LogP contribution < -0.4 is 32.3 Å². The van der Waals surface area contributed by atoms with E-state index in [1.807, 2.05) is 47.4 Å². The standard InChI is InChI=1S/C24H31ClFN3O2S.C22H27ClF3N5.C18H26ClN3O/c1-32(30,31)23-16-20(26)5-6-22(23)29-13-11-28(12-14-29)21-7-9-24(17-27,10-8-21)18-3-2-4-19(25)15-18;23-17-3-1-2-16(14-17)21(15-27)7-4-18(5-8-21)30-10-12-31(13-11-30)20-28-9-6-19(29-20)22(24,25)26;19-15-3-1-2-14(12-15)18(13-20)7-4-16(5-8-18)22-10-6-17(23)21-9-11-22/h2-6,15-16,21H,7-14,17,27H2,1H3;1-3,6,9,14,18H,4-5,7-8,10-13,15,27H2;1-3,12,16H,4-11,13,20H2,(H,21,23). The average molecular weight is 1270 g/mol. The SMILES string of the molecule is CS(=O)(=O)c1cc(F)ccc1N1CCN(C2CCC(CN)(c3cccc(Cl)c3)CC2)CC1.NCC1(c2cccc(Cl)c2)CCC(N2CCN(c3nccc(C(F)(F)F)n3)CC2)CC1.NCC1(c2cccc(Cl)c2)CCC(N2CCNC(=O)CC2)CC1. The number of nitrogens with one attached hydrogen (secondary N) is 1. The van der Waals surface area contributed by atoms with E-state index >= 15 is 0 Å². The van der Waals surface area contributed by atoms with Crippen molar-refractivity contribution in [1.29, 1.82) is 0 Å². The second-order valence-corrected chi connectivity index (χ2v) is 27.8. The van der Waals surface area contributed by atoms with Gasteiger partial charge in [-0.3, -0.25) is 19.5 Å². The van der Waals surface area contributed by atoms with Crippen LogP contribution >= 0.6 is 34.8 Å². The molecular formula is C64H84Cl3F4N11O3S. The number of carbonyl (C=O) groups excluding carboxylic acids is 1. The van der Waals surface area contributed by atoms with Crippen LogP contribution in [0.4, 0.5) is 29.2 Å². The number of anilines is 2. The smallest absolute Gasteiger partial charge is 0.368 e. The number of rotatable bonds is 12. The molecule has 4 heterocycles. The van der Waals surface area contributed by atoms with E-state index in [1.54, 1.807) is 6.07 Å². The van der Waals surface area contributed by atoms with Crippen LogP contribution in [0, 0.1) is 5.82 Å². The lowest BCUT2D eigenvalue weighted by atomic mass is 9.68. The van der Waals surface area contributed by atoms with Crippen molar-refractivity contribution in [3.63, 3.8) is 0 Å². The summed E-state index contributed by atoms with van der Waals surface area (Å²) in [4.78, 5) is 30.7. The third-order valence-electron chi connectivity index (χ3n) is 19.6. The molecule has 0 atom stereocenters. The fourth-order valence-corrected chi connectivity index (χ4v) is 15.8. The predicted molar refractivity (Wildman–Crippen MR) is 337 cm³/mol. The van der Waals surface area contributed by atoms with Gasteiger partial charge in [0.2, 0.25) is 11.9 Å². The van der Waals surface area contributed by atoms with Crippen LogP contribution in [0.5, 0.6) is 0 Å². The Morgan fingerprint density at radius 3 is 1.40 bits per heavy atom. The number of aromatic nitrogens is 2. The highest BCUT2D eigenvalue weighted by atomic mass is 35.5. The number of alkyl halides is 3. The molecular weight excluding hydrogens is 1190 g/mol. The molecule has 6 aliphatic rings. The van der Waals surface area contributed by atoms with Crippen LogP contribution in [0.1, 0.15) is 106 Å². The lowest BCUT2D eigenvalue weighted by molar-refractivity contribution is -0.141. The molecule has 3 aliphatic carbocycles. The van der Waals surface area contributed by atoms with Gasteiger partial charge in [-0.2, -0.15) is 13.2 Å². The quantitative estimate of drug-likeness (QED) is 0.0867. The van der Waals surface area contributed by atoms with Gasteiger partial charge in [0.25, 0.3) is 0 Å². The number of nitrogens with two attached hydrogens (primary N) is 3. The van der Waals surface area contributed by atoms with Gasteiger partial charge in [0, 0.05) is 160 Å². The van der Waals surface area contributed by atoms with Crippen LogP contribution in [-0.4, -0.2) is 155 Å². The van der Waals surface area contributed by atoms with E-state index in [1.165, 1.54) is 29.0 Å². The van der Waals surface area contributed by atoms with Gasteiger partial charge in [0.15, 0.2) is 9.84 Å². The Bertz CT molecular complexity index is 3160. The minimum absolute atomic E-state index is 0.0122. The molecule has 3 saturated carbocycles. The van der Waals surface area contributed by atoms with Crippen molar-refractivity contribution in [2.75, 3.05) is 108 Å². The normalized spacial score (nSPS) is 26.5. The number of amides is 1. The molecule has 22 heteroatoms. The number of piperazine rings is 2. The van der Waals surface area contributed by atoms with Crippen LogP contribution in [0.15, 0.2) is 108 Å². The molecule has 6 fully saturated rings. The minimum atomic E-state index is -4.46. The molecule has 5 aromatic rings. The zero-order chi connectivity index (χ0) is 61.3. The Hall–Kier alpha value is -4.67. The van der Waals surface area contributed by atoms with Crippen molar-refractivity contribution in [3.05, 3.63) is 147 Å². The van der Waals surface area contributed by atoms with E-state index in [9.17, 15) is 30.8 Å². The molecule has 1 amide bonds. The second kappa shape index (κ2) is 28.9. The zero-order valence-corrected chi connectivity index (χ0v) is 52.4. The summed E-state index contributed by atoms with van der Waals surface area (Å²) in [6.45, 7) is 10.5. The third kappa shape index (κ3) is 16.0. The Morgan fingerprint density at radius 2 is 1.00 bits per heavy atom. The first-order valence-electron chi connectivity index (χ1n) is 30.4. The lowest BCUT2D eigenvalue weighted by Gasteiger charge is -2.46. The van der Waals surface area contributed by atoms with E-state index in [-0.39, 0.29) is 33.0 Å². The van der Waals surface area contributed by atoms with E-state index in [4.69, 9.17) is 52.0 Å². The van der Waals surface area contributed by atoms with Crippen molar-refractivity contribution < 1.29 is 30.8 Å². The molecule has 3 aliphatic heterocycles. The molecule has 0 unspecified atom stereocenters. The predicted octanol–water partition coefficient (Wildman–Crippen LogP) is 10.3. The van der Waals surface area contributed by atoms with E-state index in [0.717, 1.165) is 169 Å². The van der Waals surface area contributed by atoms with E-state index in [2.05, 4.69) is 65.2 Å². The maximum atomic E-state index is 13.7. The van der Waals surface area contributed by atoms with Crippen molar-refractivity contribution in [2.45, 2.75) is 129 Å². The molecule has 4 aromatic carbocycles. The topological polar surface area (TPSA) is 183 Å². The monoisotopic (exact) mass is 1270 g/mol. The number of carbonyl (C=O) groups is 1. The number of halogens is 7. The first kappa shape index (κ1) is 65.8. The molecule has 7 N–H and O–H groups in total. The fraction of sp³-hybridized carbons (Fsp3) is 0.547. The van der Waals surface area contributed by atoms with Gasteiger partial charge < -0.3 is 32.3 Å². The molecule has 86 heavy (non-hydrogen) atoms. The van der Waals surface area contributed by atoms with Gasteiger partial charge in [0.1, 0.15) is 11.5 Å². The van der Waals surface area contributed by atoms with Crippen LogP contribution in [0.2, 0.25) is 15.1 Å². The lowest BCUT2D eigenvalue weighted by Crippen LogP contribution is -2.53. The van der Waals surface area contributed by atoms with E-state index < -0.39 is 27.5 Å². The summed E-state index contributed by atoms with van der Waals surface area (Å²) < 4.78 is 76.8. The molecule has 468 valence electrons. The second-order valence-electron chi connectivity index (χ2n) is 24.5. The van der Waals surface area contributed by atoms with Gasteiger partial charge in [0.05, 0.1) is 10.6 Å². The number of sulfone groups is 1. The Labute approximate surface area is 520 Å². The summed E-state index contributed by atoms with van der Waals surface area (Å²) in [5.41, 5.74) is 22.1. The molecule has 3 saturated heterocycles. The average Bonchev–Trinajstić information content (AvgIpc) is 2.18. The minimum Gasteiger partial charge on any atom is -0.368 e. The first-order chi connectivity index (χ1) is 41.1. The zero-order valence-electron chi connectivity index (χ0n) is 49.3. The van der Waals surface area contributed by atoms with Crippen molar-refractivity contribution in [2.24, 2.45) is 17.2 Å². The number of hydrogen-bond donors (Lipinski definition) is 4. The molecule has 14 nitrogen and oxygen atoms in total. The molecule has 1 aromatic heterocycles. The summed E-state index contributed by atoms with van der Waals surface area (Å²) in [6.07, 6.45) is 11.2. The van der Waals surface area contributed by atoms with Crippen molar-refractivity contribution in [3.8, 4) is 0 Å². The summed E-state index contributed by atoms with van der Waals surface area (Å²) in [6, 6.07) is 30.8. The maximum Gasteiger partial charge on any atom is 0.433 e. The van der Waals surface area contributed by atoms with Crippen molar-refractivity contribution in [1.82, 2.24) is 30.0 Å². The largest absolute Gasteiger partial charge is 0.433 e. The van der Waals surface area contributed by atoms with Crippen LogP contribution in [0.25, 0.3) is 0 Å². The highest BCUT2D eigenvalue weighted by molar-refractivity contribution is 7.90. The van der Waals surface area contributed by atoms with Crippen molar-refractivity contribution >= 4 is 62.2 Å². The molecule has 0 radical (unpaired) electrons. The third-order valence-corrected chi connectivity index (χ3v) is 21.5. The highest BCUT2D eigenvalue weighted by Gasteiger charge is 2.42. The molecule has 11 rings (SSSR count). The maximum absolute atomic E-state index is 13.7. The van der Waals surface area contributed by atoms with Gasteiger partial charge in [-0.1, -0.05) is 71.2 Å². The number of hydrogen-bond acceptors (Lipinski definition) is 13. The Morgan fingerprint density at radius 1 is 0.581 bits per heavy atom. The Balaban J connectivity index is 0.000000156. The van der Waals surface area contributed by atoms with Gasteiger partial charge in [-0.05, 0) is 154 Å². The van der Waals surface area contributed by atoms with Gasteiger partial charge in [-0.15, -0.1) is 0 Å². The highest BCUT2D eigenvalue weighted by Crippen LogP contribution is 2.44. The van der Waals surface area contributed by atoms with E-state index in [0.29, 0.717) is 63.0 Å². The first-order valence-corrected chi connectivity index (χ1v) is 33.4. The fourth-order valence-electron chi connectivity index (χ4n) is 14.3. The van der Waals surface area contributed by atoms with Gasteiger partial charge in [-0.25, -0.2) is 22.8 Å². The summed E-state index contributed by atoms with van der Waals surface area (Å²) >= 11 is 18.6. The number of nitrogens with zero attached hydrogens (tertiary/aromatic N) is 7. The molecule has 0 bridgehead atoms. The number of benzene rings is 4. The summed E-state index contributed by atoms with van der Waals surface area (Å²) in [5.74, 6) is -0.196. The summed E-state index contributed by atoms with van der Waals surface area (Å²) in [5, 5.41) is 5.23. The Kier molecular flexibility index (Phi) is 22.1. The summed E-state index contributed by atoms with van der Waals surface area (Å²) in [7, 11) is -3.50. The molecule has 0 spiro atoms. The van der Waals surface area contributed by atoms with Crippen LogP contribution in [0.3, 0.4) is 0 Å².